The minimum Gasteiger partial charge on any atom is -0.463 e. The second-order valence-corrected chi connectivity index (χ2v) is 8.96. The molecule has 3 heterocycles. The van der Waals surface area contributed by atoms with Crippen molar-refractivity contribution < 1.29 is 9.21 Å². The third-order valence-corrected chi connectivity index (χ3v) is 6.41. The number of unbranched alkanes of at least 4 members (excludes halogenated alkanes) is 1. The Morgan fingerprint density at radius 1 is 1.21 bits per heavy atom. The Labute approximate surface area is 193 Å². The molecule has 8 nitrogen and oxygen atoms in total. The van der Waals surface area contributed by atoms with E-state index in [9.17, 15) is 9.59 Å². The van der Waals surface area contributed by atoms with Gasteiger partial charge in [0.2, 0.25) is 11.9 Å². The zero-order valence-corrected chi connectivity index (χ0v) is 19.5. The van der Waals surface area contributed by atoms with E-state index in [4.69, 9.17) is 4.42 Å². The molecule has 1 saturated carbocycles. The smallest absolute Gasteiger partial charge is 0.252 e. The number of hydrogen-bond acceptors (Lipinski definition) is 5. The fraction of sp³-hybridized carbons (Fsp3) is 0.520. The average Bonchev–Trinajstić information content (AvgIpc) is 3.48. The van der Waals surface area contributed by atoms with Gasteiger partial charge in [-0.25, -0.2) is 4.98 Å². The maximum absolute atomic E-state index is 13.1. The first-order chi connectivity index (χ1) is 16.1. The average molecular weight is 452 g/mol. The van der Waals surface area contributed by atoms with Crippen LogP contribution in [0.15, 0.2) is 39.7 Å². The summed E-state index contributed by atoms with van der Waals surface area (Å²) in [6.07, 6.45) is 10.9. The summed E-state index contributed by atoms with van der Waals surface area (Å²) < 4.78 is 6.98. The number of nitrogens with one attached hydrogen (secondary N) is 2. The molecule has 2 N–H and O–H groups in total. The Morgan fingerprint density at radius 2 is 2.03 bits per heavy atom. The predicted molar refractivity (Wildman–Crippen MR) is 127 cm³/mol. The highest BCUT2D eigenvalue weighted by molar-refractivity contribution is 5.92. The number of anilines is 1. The van der Waals surface area contributed by atoms with Gasteiger partial charge in [-0.2, -0.15) is 9.78 Å². The van der Waals surface area contributed by atoms with Gasteiger partial charge in [0, 0.05) is 23.7 Å². The van der Waals surface area contributed by atoms with Crippen molar-refractivity contribution in [3.8, 4) is 17.4 Å². The number of hydrogen-bond donors (Lipinski definition) is 2. The molecule has 176 valence electrons. The van der Waals surface area contributed by atoms with Crippen LogP contribution >= 0.6 is 0 Å². The summed E-state index contributed by atoms with van der Waals surface area (Å²) in [5, 5.41) is 7.63. The highest BCUT2D eigenvalue weighted by atomic mass is 16.3. The lowest BCUT2D eigenvalue weighted by atomic mass is 9.79. The summed E-state index contributed by atoms with van der Waals surface area (Å²) in [5.74, 6) is 2.03. The van der Waals surface area contributed by atoms with Crippen LogP contribution in [0.25, 0.3) is 17.4 Å². The Bertz CT molecular complexity index is 1110. The van der Waals surface area contributed by atoms with Crippen molar-refractivity contribution in [1.29, 1.82) is 0 Å². The molecule has 4 rings (SSSR count). The highest BCUT2D eigenvalue weighted by Gasteiger charge is 2.27. The van der Waals surface area contributed by atoms with Crippen LogP contribution in [0.3, 0.4) is 0 Å². The van der Waals surface area contributed by atoms with Gasteiger partial charge in [0.25, 0.3) is 5.56 Å². The minimum atomic E-state index is -0.249. The lowest BCUT2D eigenvalue weighted by molar-refractivity contribution is -0.121. The van der Waals surface area contributed by atoms with Crippen molar-refractivity contribution >= 4 is 11.7 Å². The molecule has 0 atom stereocenters. The van der Waals surface area contributed by atoms with Gasteiger partial charge in [-0.05, 0) is 50.2 Å². The Kier molecular flexibility index (Phi) is 7.42. The number of aromatic amines is 1. The summed E-state index contributed by atoms with van der Waals surface area (Å²) in [6, 6.07) is 6.85. The van der Waals surface area contributed by atoms with Crippen LogP contribution in [0.5, 0.6) is 0 Å². The predicted octanol–water partition coefficient (Wildman–Crippen LogP) is 5.10. The van der Waals surface area contributed by atoms with Crippen LogP contribution in [0.1, 0.15) is 70.9 Å². The third kappa shape index (κ3) is 5.61. The maximum Gasteiger partial charge on any atom is 0.252 e. The van der Waals surface area contributed by atoms with Crippen LogP contribution in [-0.2, 0) is 11.2 Å². The molecule has 0 unspecified atom stereocenters. The van der Waals surface area contributed by atoms with E-state index < -0.39 is 0 Å². The molecule has 1 amide bonds. The van der Waals surface area contributed by atoms with Crippen LogP contribution < -0.4 is 10.9 Å². The molecule has 3 aromatic rings. The number of aryl methyl sites for hydroxylation is 1. The van der Waals surface area contributed by atoms with Gasteiger partial charge in [0.15, 0.2) is 5.76 Å². The molecule has 1 aliphatic carbocycles. The van der Waals surface area contributed by atoms with Crippen LogP contribution in [0, 0.1) is 11.8 Å². The highest BCUT2D eigenvalue weighted by Crippen LogP contribution is 2.33. The fourth-order valence-electron chi connectivity index (χ4n) is 4.59. The number of H-pyrrole nitrogens is 1. The summed E-state index contributed by atoms with van der Waals surface area (Å²) in [5.41, 5.74) is 0.997. The normalized spacial score (nSPS) is 18.4. The second kappa shape index (κ2) is 10.6. The van der Waals surface area contributed by atoms with Crippen LogP contribution in [0.4, 0.5) is 5.82 Å². The number of aromatic nitrogens is 4. The number of carbonyl (C=O) groups excluding carboxylic acids is 1. The minimum absolute atomic E-state index is 0.0110. The number of furan rings is 1. The lowest BCUT2D eigenvalue weighted by Crippen LogP contribution is -2.28. The van der Waals surface area contributed by atoms with Crippen LogP contribution in [0.2, 0.25) is 0 Å². The molecule has 33 heavy (non-hydrogen) atoms. The molecule has 8 heteroatoms. The molecule has 1 fully saturated rings. The first-order valence-corrected chi connectivity index (χ1v) is 12.1. The molecule has 0 bridgehead atoms. The van der Waals surface area contributed by atoms with Gasteiger partial charge in [-0.15, -0.1) is 0 Å². The third-order valence-electron chi connectivity index (χ3n) is 6.41. The number of rotatable bonds is 9. The standard InChI is InChI=1S/C25H33N5O3/c1-3-5-8-17-10-12-18(13-11-17)24(32)27-22-16-20(21-9-6-14-33-21)29-30(22)25-26-19(7-4-2)15-23(31)28-25/h6,9,14-18H,3-5,7-8,10-13H2,1-2H3,(H,27,32)(H,26,28,31). The van der Waals surface area contributed by atoms with E-state index in [1.807, 2.05) is 6.92 Å². The van der Waals surface area contributed by atoms with E-state index in [1.54, 1.807) is 24.5 Å². The molecule has 0 radical (unpaired) electrons. The molecule has 3 aromatic heterocycles. The van der Waals surface area contributed by atoms with Gasteiger partial charge in [0.1, 0.15) is 11.5 Å². The lowest BCUT2D eigenvalue weighted by Gasteiger charge is -2.27. The zero-order chi connectivity index (χ0) is 23.2. The molecule has 1 aliphatic rings. The monoisotopic (exact) mass is 451 g/mol. The first kappa shape index (κ1) is 23.0. The van der Waals surface area contributed by atoms with Gasteiger partial charge in [-0.3, -0.25) is 14.6 Å². The summed E-state index contributed by atoms with van der Waals surface area (Å²) in [7, 11) is 0. The van der Waals surface area contributed by atoms with Crippen molar-refractivity contribution in [2.24, 2.45) is 11.8 Å². The summed E-state index contributed by atoms with van der Waals surface area (Å²) >= 11 is 0. The zero-order valence-electron chi connectivity index (χ0n) is 19.5. The van der Waals surface area contributed by atoms with E-state index in [2.05, 4.69) is 27.3 Å². The first-order valence-electron chi connectivity index (χ1n) is 12.1. The fourth-order valence-corrected chi connectivity index (χ4v) is 4.59. The Hall–Kier alpha value is -3.16. The molecule has 0 aliphatic heterocycles. The van der Waals surface area contributed by atoms with E-state index in [1.165, 1.54) is 30.0 Å². The van der Waals surface area contributed by atoms with Gasteiger partial charge in [0.05, 0.1) is 6.26 Å². The van der Waals surface area contributed by atoms with Crippen LogP contribution in [-0.4, -0.2) is 25.7 Å². The Balaban J connectivity index is 1.57. The van der Waals surface area contributed by atoms with Crippen molar-refractivity contribution in [2.75, 3.05) is 5.32 Å². The molecule has 0 spiro atoms. The van der Waals surface area contributed by atoms with Crippen molar-refractivity contribution in [2.45, 2.75) is 71.6 Å². The molecule has 0 aromatic carbocycles. The second-order valence-electron chi connectivity index (χ2n) is 8.96. The number of nitrogens with zero attached hydrogens (tertiary/aromatic N) is 3. The summed E-state index contributed by atoms with van der Waals surface area (Å²) in [4.78, 5) is 32.7. The summed E-state index contributed by atoms with van der Waals surface area (Å²) in [6.45, 7) is 4.26. The van der Waals surface area contributed by atoms with E-state index in [0.29, 0.717) is 29.4 Å². The van der Waals surface area contributed by atoms with E-state index >= 15 is 0 Å². The largest absolute Gasteiger partial charge is 0.463 e. The molecular weight excluding hydrogens is 418 g/mol. The molecule has 0 saturated heterocycles. The van der Waals surface area contributed by atoms with E-state index in [-0.39, 0.29) is 23.3 Å². The van der Waals surface area contributed by atoms with Crippen molar-refractivity contribution in [3.63, 3.8) is 0 Å². The van der Waals surface area contributed by atoms with Gasteiger partial charge >= 0.3 is 0 Å². The van der Waals surface area contributed by atoms with Crippen molar-refractivity contribution in [1.82, 2.24) is 19.7 Å². The maximum atomic E-state index is 13.1. The van der Waals surface area contributed by atoms with Gasteiger partial charge in [-0.1, -0.05) is 39.5 Å². The quantitative estimate of drug-likeness (QED) is 0.471. The topological polar surface area (TPSA) is 106 Å². The number of carbonyl (C=O) groups is 1. The van der Waals surface area contributed by atoms with E-state index in [0.717, 1.165) is 38.0 Å². The van der Waals surface area contributed by atoms with Crippen molar-refractivity contribution in [3.05, 3.63) is 46.6 Å². The molecular formula is C25H33N5O3. The Morgan fingerprint density at radius 3 is 2.73 bits per heavy atom. The van der Waals surface area contributed by atoms with Gasteiger partial charge < -0.3 is 9.73 Å². The number of amides is 1. The SMILES string of the molecule is CCCCC1CCC(C(=O)Nc2cc(-c3ccco3)nn2-c2nc(CCC)cc(=O)[nH]2)CC1.